The van der Waals surface area contributed by atoms with E-state index in [-0.39, 0.29) is 16.6 Å². The van der Waals surface area contributed by atoms with E-state index in [4.69, 9.17) is 4.74 Å². The molecule has 3 aromatic rings. The maximum absolute atomic E-state index is 12.7. The fourth-order valence-corrected chi connectivity index (χ4v) is 6.27. The fourth-order valence-electron chi connectivity index (χ4n) is 3.42. The van der Waals surface area contributed by atoms with Gasteiger partial charge in [-0.3, -0.25) is 4.79 Å². The van der Waals surface area contributed by atoms with Crippen molar-refractivity contribution in [1.29, 1.82) is 0 Å². The number of amides is 1. The molecule has 0 spiro atoms. The van der Waals surface area contributed by atoms with Crippen LogP contribution >= 0.6 is 11.3 Å². The predicted molar refractivity (Wildman–Crippen MR) is 119 cm³/mol. The Morgan fingerprint density at radius 1 is 1.13 bits per heavy atom. The standard InChI is InChI=1S/C22H22N2O4S2/c1-24(2)16-6-4-14(5-7-16)12-23-22(25)19-10-15-13-30(26,27)20-9-8-17(28-3)11-18(20)21(15)29-19/h4-11H,12-13H2,1-3H3,(H,23,25). The smallest absolute Gasteiger partial charge is 0.261 e. The Bertz CT molecular complexity index is 1210. The first-order valence-electron chi connectivity index (χ1n) is 9.37. The highest BCUT2D eigenvalue weighted by Gasteiger charge is 2.31. The molecule has 156 valence electrons. The maximum atomic E-state index is 12.7. The molecular formula is C22H22N2O4S2. The van der Waals surface area contributed by atoms with Crippen LogP contribution < -0.4 is 15.0 Å². The molecule has 2 aromatic carbocycles. The van der Waals surface area contributed by atoms with Crippen LogP contribution in [-0.2, 0) is 22.1 Å². The average molecular weight is 443 g/mol. The van der Waals surface area contributed by atoms with Crippen LogP contribution in [0.5, 0.6) is 5.75 Å². The molecule has 30 heavy (non-hydrogen) atoms. The molecule has 8 heteroatoms. The van der Waals surface area contributed by atoms with Crippen LogP contribution in [0.3, 0.4) is 0 Å². The number of hydrogen-bond donors (Lipinski definition) is 1. The van der Waals surface area contributed by atoms with Gasteiger partial charge in [-0.2, -0.15) is 0 Å². The Morgan fingerprint density at radius 3 is 2.53 bits per heavy atom. The second kappa shape index (κ2) is 7.77. The lowest BCUT2D eigenvalue weighted by Crippen LogP contribution is -2.21. The first kappa shape index (κ1) is 20.4. The van der Waals surface area contributed by atoms with Gasteiger partial charge < -0.3 is 15.0 Å². The van der Waals surface area contributed by atoms with Gasteiger partial charge in [-0.05, 0) is 47.5 Å². The van der Waals surface area contributed by atoms with Crippen molar-refractivity contribution in [3.63, 3.8) is 0 Å². The monoisotopic (exact) mass is 442 g/mol. The van der Waals surface area contributed by atoms with E-state index >= 15 is 0 Å². The van der Waals surface area contributed by atoms with E-state index in [9.17, 15) is 13.2 Å². The van der Waals surface area contributed by atoms with Gasteiger partial charge in [-0.1, -0.05) is 12.1 Å². The molecule has 0 fully saturated rings. The summed E-state index contributed by atoms with van der Waals surface area (Å²) in [5.41, 5.74) is 3.33. The number of thiophene rings is 1. The Balaban J connectivity index is 1.57. The van der Waals surface area contributed by atoms with E-state index in [1.165, 1.54) is 11.3 Å². The van der Waals surface area contributed by atoms with Gasteiger partial charge in [0.1, 0.15) is 5.75 Å². The summed E-state index contributed by atoms with van der Waals surface area (Å²) in [6.45, 7) is 0.401. The molecule has 0 saturated carbocycles. The molecule has 0 unspecified atom stereocenters. The molecule has 4 rings (SSSR count). The van der Waals surface area contributed by atoms with Gasteiger partial charge in [0.05, 0.1) is 22.6 Å². The molecule has 1 aliphatic heterocycles. The number of ether oxygens (including phenoxy) is 1. The van der Waals surface area contributed by atoms with Gasteiger partial charge in [0.15, 0.2) is 9.84 Å². The van der Waals surface area contributed by atoms with Gasteiger partial charge in [0, 0.05) is 36.8 Å². The van der Waals surface area contributed by atoms with Crippen molar-refractivity contribution < 1.29 is 17.9 Å². The number of fused-ring (bicyclic) bond motifs is 3. The minimum absolute atomic E-state index is 0.0998. The van der Waals surface area contributed by atoms with Gasteiger partial charge >= 0.3 is 0 Å². The summed E-state index contributed by atoms with van der Waals surface area (Å²) in [6, 6.07) is 14.6. The summed E-state index contributed by atoms with van der Waals surface area (Å²) >= 11 is 1.31. The first-order chi connectivity index (χ1) is 14.3. The molecular weight excluding hydrogens is 420 g/mol. The lowest BCUT2D eigenvalue weighted by Gasteiger charge is -2.17. The van der Waals surface area contributed by atoms with Crippen LogP contribution in [0.25, 0.3) is 10.4 Å². The van der Waals surface area contributed by atoms with Crippen LogP contribution in [0.15, 0.2) is 53.4 Å². The number of nitrogens with zero attached hydrogens (tertiary/aromatic N) is 1. The molecule has 1 amide bonds. The third-order valence-corrected chi connectivity index (χ3v) is 7.98. The van der Waals surface area contributed by atoms with E-state index < -0.39 is 9.84 Å². The molecule has 2 heterocycles. The zero-order chi connectivity index (χ0) is 21.5. The van der Waals surface area contributed by atoms with E-state index in [1.807, 2.05) is 43.3 Å². The third kappa shape index (κ3) is 3.80. The van der Waals surface area contributed by atoms with Crippen molar-refractivity contribution in [3.05, 3.63) is 64.5 Å². The second-order valence-corrected chi connectivity index (χ2v) is 10.3. The number of benzene rings is 2. The molecule has 0 atom stereocenters. The fraction of sp³-hybridized carbons (Fsp3) is 0.227. The molecule has 0 radical (unpaired) electrons. The normalized spacial score (nSPS) is 13.8. The highest BCUT2D eigenvalue weighted by Crippen LogP contribution is 2.44. The summed E-state index contributed by atoms with van der Waals surface area (Å²) in [6.07, 6.45) is 0. The maximum Gasteiger partial charge on any atom is 0.261 e. The zero-order valence-corrected chi connectivity index (χ0v) is 18.6. The topological polar surface area (TPSA) is 75.7 Å². The van der Waals surface area contributed by atoms with Crippen LogP contribution in [0.2, 0.25) is 0 Å². The largest absolute Gasteiger partial charge is 0.497 e. The SMILES string of the molecule is COc1ccc2c(c1)-c1sc(C(=O)NCc3ccc(N(C)C)cc3)cc1CS2(=O)=O. The molecule has 0 bridgehead atoms. The van der Waals surface area contributed by atoms with Crippen molar-refractivity contribution in [2.75, 3.05) is 26.1 Å². The number of nitrogens with one attached hydrogen (secondary N) is 1. The highest BCUT2D eigenvalue weighted by molar-refractivity contribution is 7.91. The molecule has 1 N–H and O–H groups in total. The Hall–Kier alpha value is -2.84. The van der Waals surface area contributed by atoms with Crippen molar-refractivity contribution in [2.24, 2.45) is 0 Å². The number of rotatable bonds is 5. The molecule has 0 aliphatic carbocycles. The van der Waals surface area contributed by atoms with Crippen molar-refractivity contribution in [2.45, 2.75) is 17.2 Å². The van der Waals surface area contributed by atoms with Crippen LogP contribution in [-0.4, -0.2) is 35.5 Å². The predicted octanol–water partition coefficient (Wildman–Crippen LogP) is 3.71. The van der Waals surface area contributed by atoms with E-state index in [2.05, 4.69) is 5.32 Å². The lowest BCUT2D eigenvalue weighted by molar-refractivity contribution is 0.0955. The van der Waals surface area contributed by atoms with Gasteiger partial charge in [0.2, 0.25) is 0 Å². The van der Waals surface area contributed by atoms with E-state index in [0.29, 0.717) is 28.3 Å². The Kier molecular flexibility index (Phi) is 5.29. The summed E-state index contributed by atoms with van der Waals surface area (Å²) in [5, 5.41) is 2.92. The first-order valence-corrected chi connectivity index (χ1v) is 11.8. The Labute approximate surface area is 180 Å². The number of anilines is 1. The van der Waals surface area contributed by atoms with Crippen LogP contribution in [0.4, 0.5) is 5.69 Å². The summed E-state index contributed by atoms with van der Waals surface area (Å²) in [5.74, 6) is 0.266. The highest BCUT2D eigenvalue weighted by atomic mass is 32.2. The lowest BCUT2D eigenvalue weighted by atomic mass is 10.1. The van der Waals surface area contributed by atoms with Gasteiger partial charge in [-0.25, -0.2) is 8.42 Å². The number of methoxy groups -OCH3 is 1. The van der Waals surface area contributed by atoms with Crippen molar-refractivity contribution >= 4 is 32.8 Å². The number of hydrogen-bond acceptors (Lipinski definition) is 6. The third-order valence-electron chi connectivity index (χ3n) is 5.05. The summed E-state index contributed by atoms with van der Waals surface area (Å²) in [4.78, 5) is 16.3. The quantitative estimate of drug-likeness (QED) is 0.652. The van der Waals surface area contributed by atoms with Crippen molar-refractivity contribution in [3.8, 4) is 16.2 Å². The number of carbonyl (C=O) groups excluding carboxylic acids is 1. The molecule has 6 nitrogen and oxygen atoms in total. The van der Waals surface area contributed by atoms with Gasteiger partial charge in [-0.15, -0.1) is 11.3 Å². The molecule has 1 aromatic heterocycles. The van der Waals surface area contributed by atoms with Gasteiger partial charge in [0.25, 0.3) is 5.91 Å². The van der Waals surface area contributed by atoms with Crippen molar-refractivity contribution in [1.82, 2.24) is 5.32 Å². The minimum atomic E-state index is -3.44. The molecule has 1 aliphatic rings. The number of sulfone groups is 1. The minimum Gasteiger partial charge on any atom is -0.497 e. The summed E-state index contributed by atoms with van der Waals surface area (Å²) in [7, 11) is 2.05. The Morgan fingerprint density at radius 2 is 1.87 bits per heavy atom. The number of carbonyl (C=O) groups is 1. The second-order valence-electron chi connectivity index (χ2n) is 7.33. The van der Waals surface area contributed by atoms with Crippen LogP contribution in [0.1, 0.15) is 20.8 Å². The zero-order valence-electron chi connectivity index (χ0n) is 16.9. The molecule has 0 saturated heterocycles. The van der Waals surface area contributed by atoms with Crippen LogP contribution in [0, 0.1) is 0 Å². The summed E-state index contributed by atoms with van der Waals surface area (Å²) < 4.78 is 30.6. The van der Waals surface area contributed by atoms with E-state index in [1.54, 1.807) is 31.4 Å². The average Bonchev–Trinajstić information content (AvgIpc) is 3.15. The van der Waals surface area contributed by atoms with E-state index in [0.717, 1.165) is 16.1 Å².